The quantitative estimate of drug-likeness (QED) is 0.758. The second kappa shape index (κ2) is 3.76. The highest BCUT2D eigenvalue weighted by molar-refractivity contribution is 6.28. The molecular formula is C14H9ClFN3O. The van der Waals surface area contributed by atoms with Crippen molar-refractivity contribution >= 4 is 23.3 Å². The Hall–Kier alpha value is -2.01. The Bertz CT molecular complexity index is 745. The Balaban J connectivity index is 1.93. The maximum Gasteiger partial charge on any atom is 0.260 e. The topological polar surface area (TPSA) is 46.1 Å². The van der Waals surface area contributed by atoms with Crippen LogP contribution in [0.2, 0.25) is 5.28 Å². The first kappa shape index (κ1) is 11.8. The van der Waals surface area contributed by atoms with Crippen LogP contribution in [0.5, 0.6) is 0 Å². The van der Waals surface area contributed by atoms with Gasteiger partial charge in [-0.05, 0) is 36.1 Å². The molecule has 20 heavy (non-hydrogen) atoms. The van der Waals surface area contributed by atoms with Crippen LogP contribution in [-0.2, 0) is 5.54 Å². The highest BCUT2D eigenvalue weighted by Crippen LogP contribution is 2.57. The summed E-state index contributed by atoms with van der Waals surface area (Å²) in [4.78, 5) is 21.5. The number of fused-ring (bicyclic) bond motifs is 2. The van der Waals surface area contributed by atoms with Crippen LogP contribution in [0.4, 0.5) is 10.2 Å². The van der Waals surface area contributed by atoms with Gasteiger partial charge in [0, 0.05) is 5.56 Å². The molecule has 1 aromatic carbocycles. The van der Waals surface area contributed by atoms with Gasteiger partial charge in [-0.25, -0.2) is 9.37 Å². The van der Waals surface area contributed by atoms with Gasteiger partial charge >= 0.3 is 0 Å². The Morgan fingerprint density at radius 1 is 1.30 bits per heavy atom. The first-order valence-electron chi connectivity index (χ1n) is 6.26. The molecule has 1 aromatic heterocycles. The van der Waals surface area contributed by atoms with E-state index in [9.17, 15) is 9.18 Å². The maximum atomic E-state index is 14.0. The molecule has 1 fully saturated rings. The fraction of sp³-hybridized carbons (Fsp3) is 0.214. The lowest BCUT2D eigenvalue weighted by Gasteiger charge is -2.24. The first-order chi connectivity index (χ1) is 9.63. The summed E-state index contributed by atoms with van der Waals surface area (Å²) >= 11 is 5.74. The third-order valence-electron chi connectivity index (χ3n) is 3.92. The lowest BCUT2D eigenvalue weighted by Crippen LogP contribution is -2.35. The van der Waals surface area contributed by atoms with E-state index in [1.54, 1.807) is 12.1 Å². The summed E-state index contributed by atoms with van der Waals surface area (Å²) in [7, 11) is 0. The van der Waals surface area contributed by atoms with Gasteiger partial charge in [0.15, 0.2) is 11.6 Å². The normalized spacial score (nSPS) is 18.5. The minimum Gasteiger partial charge on any atom is -0.280 e. The summed E-state index contributed by atoms with van der Waals surface area (Å²) in [5.74, 6) is -0.905. The molecule has 4 nitrogen and oxygen atoms in total. The van der Waals surface area contributed by atoms with Gasteiger partial charge in [0.05, 0.1) is 11.7 Å². The van der Waals surface area contributed by atoms with Crippen molar-refractivity contribution in [1.29, 1.82) is 0 Å². The summed E-state index contributed by atoms with van der Waals surface area (Å²) in [6, 6.07) is 7.37. The second-order valence-corrected chi connectivity index (χ2v) is 5.37. The molecule has 2 heterocycles. The van der Waals surface area contributed by atoms with Crippen LogP contribution in [0.25, 0.3) is 0 Å². The van der Waals surface area contributed by atoms with Crippen molar-refractivity contribution in [1.82, 2.24) is 9.97 Å². The van der Waals surface area contributed by atoms with E-state index in [0.717, 1.165) is 24.6 Å². The van der Waals surface area contributed by atoms with E-state index in [2.05, 4.69) is 9.97 Å². The van der Waals surface area contributed by atoms with Gasteiger partial charge < -0.3 is 0 Å². The molecule has 0 bridgehead atoms. The highest BCUT2D eigenvalue weighted by Gasteiger charge is 2.59. The zero-order valence-electron chi connectivity index (χ0n) is 10.3. The number of hydrogen-bond acceptors (Lipinski definition) is 3. The summed E-state index contributed by atoms with van der Waals surface area (Å²) in [5, 5.41) is -0.0686. The van der Waals surface area contributed by atoms with Crippen molar-refractivity contribution in [3.63, 3.8) is 0 Å². The largest absolute Gasteiger partial charge is 0.280 e. The zero-order valence-corrected chi connectivity index (χ0v) is 11.1. The Kier molecular flexibility index (Phi) is 2.22. The van der Waals surface area contributed by atoms with Crippen LogP contribution in [0.1, 0.15) is 28.8 Å². The van der Waals surface area contributed by atoms with Crippen molar-refractivity contribution in [3.05, 3.63) is 52.7 Å². The minimum atomic E-state index is -0.637. The lowest BCUT2D eigenvalue weighted by atomic mass is 10.0. The predicted molar refractivity (Wildman–Crippen MR) is 71.2 cm³/mol. The van der Waals surface area contributed by atoms with Crippen LogP contribution < -0.4 is 4.90 Å². The van der Waals surface area contributed by atoms with Gasteiger partial charge in [-0.15, -0.1) is 0 Å². The molecule has 2 aromatic rings. The molecule has 0 saturated heterocycles. The fourth-order valence-electron chi connectivity index (χ4n) is 2.92. The predicted octanol–water partition coefficient (Wildman–Crippen LogP) is 2.92. The number of rotatable bonds is 1. The van der Waals surface area contributed by atoms with E-state index in [0.29, 0.717) is 5.56 Å². The SMILES string of the molecule is O=C1c2ccccc2C2(CC2)N1c1nc(Cl)ncc1F. The summed E-state index contributed by atoms with van der Waals surface area (Å²) in [6.45, 7) is 0. The number of aromatic nitrogens is 2. The Morgan fingerprint density at radius 3 is 2.80 bits per heavy atom. The molecular weight excluding hydrogens is 281 g/mol. The molecule has 1 spiro atoms. The molecule has 4 rings (SSSR count). The monoisotopic (exact) mass is 289 g/mol. The number of carbonyl (C=O) groups excluding carboxylic acids is 1. The van der Waals surface area contributed by atoms with E-state index in [1.165, 1.54) is 4.90 Å². The number of amides is 1. The zero-order chi connectivity index (χ0) is 13.9. The molecule has 100 valence electrons. The molecule has 1 aliphatic carbocycles. The van der Waals surface area contributed by atoms with E-state index in [-0.39, 0.29) is 17.0 Å². The highest BCUT2D eigenvalue weighted by atomic mass is 35.5. The van der Waals surface area contributed by atoms with Crippen LogP contribution in [0, 0.1) is 5.82 Å². The van der Waals surface area contributed by atoms with Gasteiger partial charge in [0.25, 0.3) is 5.91 Å². The van der Waals surface area contributed by atoms with Crippen LogP contribution in [0.15, 0.2) is 30.5 Å². The van der Waals surface area contributed by atoms with E-state index in [4.69, 9.17) is 11.6 Å². The Labute approximate surface area is 119 Å². The molecule has 1 aliphatic heterocycles. The molecule has 1 amide bonds. The molecule has 2 aliphatic rings. The van der Waals surface area contributed by atoms with E-state index < -0.39 is 11.4 Å². The molecule has 6 heteroatoms. The van der Waals surface area contributed by atoms with Crippen molar-refractivity contribution < 1.29 is 9.18 Å². The van der Waals surface area contributed by atoms with Gasteiger partial charge in [0.2, 0.25) is 5.28 Å². The molecule has 0 unspecified atom stereocenters. The van der Waals surface area contributed by atoms with E-state index in [1.807, 2.05) is 12.1 Å². The summed E-state index contributed by atoms with van der Waals surface area (Å²) in [5.41, 5.74) is 1.10. The number of carbonyl (C=O) groups is 1. The molecule has 0 atom stereocenters. The van der Waals surface area contributed by atoms with Crippen molar-refractivity contribution in [3.8, 4) is 0 Å². The summed E-state index contributed by atoms with van der Waals surface area (Å²) < 4.78 is 14.0. The number of nitrogens with zero attached hydrogens (tertiary/aromatic N) is 3. The van der Waals surface area contributed by atoms with Crippen molar-refractivity contribution in [2.24, 2.45) is 0 Å². The average Bonchev–Trinajstić information content (AvgIpc) is 3.19. The molecule has 0 N–H and O–H groups in total. The smallest absolute Gasteiger partial charge is 0.260 e. The van der Waals surface area contributed by atoms with E-state index >= 15 is 0 Å². The first-order valence-corrected chi connectivity index (χ1v) is 6.63. The van der Waals surface area contributed by atoms with Crippen LogP contribution in [0.3, 0.4) is 0 Å². The number of hydrogen-bond donors (Lipinski definition) is 0. The van der Waals surface area contributed by atoms with Crippen molar-refractivity contribution in [2.45, 2.75) is 18.4 Å². The third kappa shape index (κ3) is 1.38. The minimum absolute atomic E-state index is 0.0382. The van der Waals surface area contributed by atoms with Gasteiger partial charge in [-0.1, -0.05) is 18.2 Å². The Morgan fingerprint density at radius 2 is 2.05 bits per heavy atom. The number of halogens is 2. The third-order valence-corrected chi connectivity index (χ3v) is 4.10. The fourth-order valence-corrected chi connectivity index (χ4v) is 3.04. The van der Waals surface area contributed by atoms with Gasteiger partial charge in [-0.3, -0.25) is 9.69 Å². The van der Waals surface area contributed by atoms with Gasteiger partial charge in [-0.2, -0.15) is 4.98 Å². The van der Waals surface area contributed by atoms with Gasteiger partial charge in [0.1, 0.15) is 0 Å². The number of anilines is 1. The number of benzene rings is 1. The maximum absolute atomic E-state index is 14.0. The average molecular weight is 290 g/mol. The van der Waals surface area contributed by atoms with Crippen LogP contribution in [-0.4, -0.2) is 15.9 Å². The standard InChI is InChI=1S/C14H9ClFN3O/c15-13-17-7-10(16)11(18-13)19-12(20)8-3-1-2-4-9(8)14(19)5-6-14/h1-4,7H,5-6H2. The lowest BCUT2D eigenvalue weighted by molar-refractivity contribution is 0.0987. The van der Waals surface area contributed by atoms with Crippen molar-refractivity contribution in [2.75, 3.05) is 4.90 Å². The van der Waals surface area contributed by atoms with Crippen LogP contribution >= 0.6 is 11.6 Å². The summed E-state index contributed by atoms with van der Waals surface area (Å²) in [6.07, 6.45) is 2.60. The molecule has 0 radical (unpaired) electrons. The second-order valence-electron chi connectivity index (χ2n) is 5.03. The molecule has 1 saturated carbocycles.